The first-order valence-corrected chi connectivity index (χ1v) is 4.36. The van der Waals surface area contributed by atoms with E-state index in [0.29, 0.717) is 6.04 Å². The molecule has 0 aromatic heterocycles. The molecule has 0 fully saturated rings. The first-order valence-electron chi connectivity index (χ1n) is 2.22. The maximum atomic E-state index is 5.29. The normalized spacial score (nSPS) is 11.3. The third kappa shape index (κ3) is 19.5. The van der Waals surface area contributed by atoms with Crippen molar-refractivity contribution < 1.29 is 19.4 Å². The van der Waals surface area contributed by atoms with E-state index in [9.17, 15) is 0 Å². The average molecular weight is 156 g/mol. The topological polar surface area (TPSA) is 26.0 Å². The van der Waals surface area contributed by atoms with Crippen LogP contribution in [0.1, 0.15) is 20.3 Å². The Kier molecular flexibility index (Phi) is 15.6. The molecule has 0 saturated heterocycles. The molecule has 0 radical (unpaired) electrons. The summed E-state index contributed by atoms with van der Waals surface area (Å²) >= 11 is 1.47. The molecule has 2 N–H and O–H groups in total. The van der Waals surface area contributed by atoms with Gasteiger partial charge in [-0.25, -0.2) is 0 Å². The van der Waals surface area contributed by atoms with Crippen LogP contribution in [0.25, 0.3) is 0 Å². The quantitative estimate of drug-likeness (QED) is 0.571. The SMILES string of the molecule is CCC(C)N.[Cl][Ti]. The van der Waals surface area contributed by atoms with Crippen LogP contribution in [0, 0.1) is 0 Å². The van der Waals surface area contributed by atoms with Gasteiger partial charge in [0.05, 0.1) is 0 Å². The molecule has 0 rings (SSSR count). The van der Waals surface area contributed by atoms with Gasteiger partial charge >= 0.3 is 28.7 Å². The average Bonchev–Trinajstić information content (AvgIpc) is 1.73. The summed E-state index contributed by atoms with van der Waals surface area (Å²) in [5, 5.41) is 0. The van der Waals surface area contributed by atoms with Gasteiger partial charge in [-0.05, 0) is 13.3 Å². The molecule has 0 saturated carbocycles. The third-order valence-corrected chi connectivity index (χ3v) is 0.644. The van der Waals surface area contributed by atoms with Gasteiger partial charge in [-0.3, -0.25) is 0 Å². The van der Waals surface area contributed by atoms with Gasteiger partial charge in [0.15, 0.2) is 0 Å². The zero-order chi connectivity index (χ0) is 6.28. The number of rotatable bonds is 1. The first kappa shape index (κ1) is 10.9. The van der Waals surface area contributed by atoms with Crippen molar-refractivity contribution in [1.29, 1.82) is 0 Å². The summed E-state index contributed by atoms with van der Waals surface area (Å²) in [5.74, 6) is 0. The van der Waals surface area contributed by atoms with Crippen LogP contribution in [-0.2, 0) is 19.4 Å². The van der Waals surface area contributed by atoms with Gasteiger partial charge in [0, 0.05) is 6.04 Å². The molecule has 0 aromatic carbocycles. The summed E-state index contributed by atoms with van der Waals surface area (Å²) in [4.78, 5) is 0. The minimum absolute atomic E-state index is 0.384. The molecular formula is C4H11ClNTi. The first-order chi connectivity index (χ1) is 3.27. The van der Waals surface area contributed by atoms with Gasteiger partial charge in [-0.1, -0.05) is 6.92 Å². The van der Waals surface area contributed by atoms with Crippen LogP contribution >= 0.6 is 9.30 Å². The molecule has 1 unspecified atom stereocenters. The Morgan fingerprint density at radius 2 is 1.86 bits per heavy atom. The van der Waals surface area contributed by atoms with Gasteiger partial charge < -0.3 is 5.73 Å². The Labute approximate surface area is 60.9 Å². The Hall–Kier alpha value is 0.964. The predicted octanol–water partition coefficient (Wildman–Crippen LogP) is 1.43. The fourth-order valence-electron chi connectivity index (χ4n) is 0. The van der Waals surface area contributed by atoms with E-state index in [-0.39, 0.29) is 0 Å². The van der Waals surface area contributed by atoms with Gasteiger partial charge in [-0.15, -0.1) is 0 Å². The summed E-state index contributed by atoms with van der Waals surface area (Å²) in [5.41, 5.74) is 5.29. The number of hydrogen-bond acceptors (Lipinski definition) is 1. The molecule has 0 heterocycles. The van der Waals surface area contributed by atoms with Crippen molar-refractivity contribution in [3.63, 3.8) is 0 Å². The Morgan fingerprint density at radius 3 is 1.86 bits per heavy atom. The van der Waals surface area contributed by atoms with Crippen molar-refractivity contribution in [3.05, 3.63) is 0 Å². The molecule has 3 heteroatoms. The summed E-state index contributed by atoms with van der Waals surface area (Å²) < 4.78 is 0. The van der Waals surface area contributed by atoms with Gasteiger partial charge in [0.1, 0.15) is 0 Å². The van der Waals surface area contributed by atoms with E-state index < -0.39 is 0 Å². The summed E-state index contributed by atoms with van der Waals surface area (Å²) in [6.07, 6.45) is 1.08. The monoisotopic (exact) mass is 156 g/mol. The van der Waals surface area contributed by atoms with E-state index in [1.165, 1.54) is 19.4 Å². The molecule has 0 aliphatic carbocycles. The van der Waals surface area contributed by atoms with E-state index in [2.05, 4.69) is 16.2 Å². The molecule has 0 aliphatic heterocycles. The van der Waals surface area contributed by atoms with Gasteiger partial charge in [-0.2, -0.15) is 0 Å². The Balaban J connectivity index is 0. The number of hydrogen-bond donors (Lipinski definition) is 1. The second kappa shape index (κ2) is 10.1. The van der Waals surface area contributed by atoms with E-state index in [0.717, 1.165) is 6.42 Å². The van der Waals surface area contributed by atoms with Gasteiger partial charge in [0.25, 0.3) is 0 Å². The van der Waals surface area contributed by atoms with Crippen LogP contribution in [0.5, 0.6) is 0 Å². The second-order valence-corrected chi connectivity index (χ2v) is 1.39. The molecule has 43 valence electrons. The molecule has 7 heavy (non-hydrogen) atoms. The van der Waals surface area contributed by atoms with Crippen molar-refractivity contribution in [2.24, 2.45) is 5.73 Å². The van der Waals surface area contributed by atoms with E-state index in [4.69, 9.17) is 5.73 Å². The standard InChI is InChI=1S/C4H11N.ClH.Ti/c1-3-4(2)5;;/h4H,3,5H2,1-2H3;1H;/q;;+1/p-1. The fourth-order valence-corrected chi connectivity index (χ4v) is 0. The van der Waals surface area contributed by atoms with Crippen molar-refractivity contribution in [3.8, 4) is 0 Å². The Morgan fingerprint density at radius 1 is 1.71 bits per heavy atom. The van der Waals surface area contributed by atoms with E-state index >= 15 is 0 Å². The summed E-state index contributed by atoms with van der Waals surface area (Å²) in [7, 11) is 4.64. The van der Waals surface area contributed by atoms with Gasteiger partial charge in [0.2, 0.25) is 0 Å². The van der Waals surface area contributed by atoms with Crippen LogP contribution in [0.4, 0.5) is 0 Å². The van der Waals surface area contributed by atoms with Crippen LogP contribution in [0.3, 0.4) is 0 Å². The second-order valence-electron chi connectivity index (χ2n) is 1.39. The zero-order valence-electron chi connectivity index (χ0n) is 4.74. The Bertz CT molecular complexity index is 25.7. The van der Waals surface area contributed by atoms with Crippen molar-refractivity contribution in [2.45, 2.75) is 26.3 Å². The summed E-state index contributed by atoms with van der Waals surface area (Å²) in [6.45, 7) is 4.07. The van der Waals surface area contributed by atoms with Crippen molar-refractivity contribution in [2.75, 3.05) is 0 Å². The van der Waals surface area contributed by atoms with Crippen LogP contribution in [-0.4, -0.2) is 6.04 Å². The van der Waals surface area contributed by atoms with Crippen molar-refractivity contribution >= 4 is 9.30 Å². The molecular weight excluding hydrogens is 145 g/mol. The van der Waals surface area contributed by atoms with Crippen LogP contribution < -0.4 is 5.73 Å². The zero-order valence-corrected chi connectivity index (χ0v) is 7.06. The van der Waals surface area contributed by atoms with Crippen LogP contribution in [0.2, 0.25) is 0 Å². The molecule has 0 spiro atoms. The molecule has 0 bridgehead atoms. The number of halogens is 1. The van der Waals surface area contributed by atoms with E-state index in [1.54, 1.807) is 0 Å². The third-order valence-electron chi connectivity index (χ3n) is 0.644. The number of nitrogens with two attached hydrogens (primary N) is 1. The summed E-state index contributed by atoms with van der Waals surface area (Å²) in [6, 6.07) is 0.384. The molecule has 1 nitrogen and oxygen atoms in total. The predicted molar refractivity (Wildman–Crippen MR) is 29.8 cm³/mol. The fraction of sp³-hybridized carbons (Fsp3) is 1.00. The van der Waals surface area contributed by atoms with Crippen molar-refractivity contribution in [1.82, 2.24) is 0 Å². The molecule has 0 aliphatic rings. The maximum absolute atomic E-state index is 5.29. The molecule has 0 amide bonds. The van der Waals surface area contributed by atoms with E-state index in [1.807, 2.05) is 6.92 Å². The molecule has 1 atom stereocenters. The molecule has 0 aromatic rings. The van der Waals surface area contributed by atoms with Crippen LogP contribution in [0.15, 0.2) is 0 Å². The minimum atomic E-state index is 0.384.